The van der Waals surface area contributed by atoms with Gasteiger partial charge in [0.25, 0.3) is 5.69 Å². The summed E-state index contributed by atoms with van der Waals surface area (Å²) in [6, 6.07) is 15.9. The number of nitrogens with zero attached hydrogens (tertiary/aromatic N) is 1. The van der Waals surface area contributed by atoms with E-state index in [1.54, 1.807) is 30.4 Å². The molecule has 0 spiro atoms. The van der Waals surface area contributed by atoms with Crippen LogP contribution in [-0.2, 0) is 11.3 Å². The van der Waals surface area contributed by atoms with Gasteiger partial charge in [-0.15, -0.1) is 0 Å². The quantitative estimate of drug-likeness (QED) is 0.475. The third kappa shape index (κ3) is 5.57. The number of nitrogens with one attached hydrogen (secondary N) is 1. The van der Waals surface area contributed by atoms with Crippen molar-refractivity contribution in [2.75, 3.05) is 6.54 Å². The lowest BCUT2D eigenvalue weighted by Gasteiger charge is -2.05. The lowest BCUT2D eigenvalue weighted by Crippen LogP contribution is -2.24. The summed E-state index contributed by atoms with van der Waals surface area (Å²) in [5.74, 6) is 0. The Morgan fingerprint density at radius 1 is 1.12 bits per heavy atom. The van der Waals surface area contributed by atoms with E-state index in [1.165, 1.54) is 6.07 Å². The van der Waals surface area contributed by atoms with Gasteiger partial charge in [-0.2, -0.15) is 0 Å². The molecule has 0 aliphatic carbocycles. The van der Waals surface area contributed by atoms with Gasteiger partial charge in [0, 0.05) is 12.6 Å². The van der Waals surface area contributed by atoms with Crippen LogP contribution in [0.15, 0.2) is 60.7 Å². The highest BCUT2D eigenvalue weighted by atomic mass is 16.6. The number of hydrogen-bond donors (Lipinski definition) is 1. The van der Waals surface area contributed by atoms with Gasteiger partial charge in [-0.3, -0.25) is 10.1 Å². The minimum Gasteiger partial charge on any atom is -0.445 e. The predicted octanol–water partition coefficient (Wildman–Crippen LogP) is 3.92. The SMILES string of the molecule is O=C(NCCC=Cc1ccccc1[N+](=O)[O-])OCc1ccccc1. The molecule has 0 saturated carbocycles. The lowest BCUT2D eigenvalue weighted by molar-refractivity contribution is -0.385. The van der Waals surface area contributed by atoms with Gasteiger partial charge in [-0.1, -0.05) is 54.6 Å². The first kappa shape index (κ1) is 17.2. The molecule has 0 fully saturated rings. The normalized spacial score (nSPS) is 10.5. The summed E-state index contributed by atoms with van der Waals surface area (Å²) in [6.07, 6.45) is 3.51. The van der Waals surface area contributed by atoms with Gasteiger partial charge in [0.15, 0.2) is 0 Å². The third-order valence-corrected chi connectivity index (χ3v) is 3.22. The summed E-state index contributed by atoms with van der Waals surface area (Å²) < 4.78 is 5.08. The molecule has 6 heteroatoms. The van der Waals surface area contributed by atoms with E-state index in [1.807, 2.05) is 30.3 Å². The number of para-hydroxylation sites is 1. The number of amides is 1. The summed E-state index contributed by atoms with van der Waals surface area (Å²) >= 11 is 0. The molecule has 2 aromatic rings. The zero-order chi connectivity index (χ0) is 17.2. The van der Waals surface area contributed by atoms with Gasteiger partial charge in [0.05, 0.1) is 10.5 Å². The average molecular weight is 326 g/mol. The van der Waals surface area contributed by atoms with E-state index in [4.69, 9.17) is 4.74 Å². The first-order chi connectivity index (χ1) is 11.7. The lowest BCUT2D eigenvalue weighted by atomic mass is 10.1. The molecular formula is C18H18N2O4. The van der Waals surface area contributed by atoms with Crippen molar-refractivity contribution in [1.82, 2.24) is 5.32 Å². The number of nitro groups is 1. The van der Waals surface area contributed by atoms with Gasteiger partial charge in [-0.25, -0.2) is 4.79 Å². The van der Waals surface area contributed by atoms with Crippen LogP contribution in [0, 0.1) is 10.1 Å². The van der Waals surface area contributed by atoms with Crippen LogP contribution >= 0.6 is 0 Å². The summed E-state index contributed by atoms with van der Waals surface area (Å²) in [5, 5.41) is 13.5. The Balaban J connectivity index is 1.71. The highest BCUT2D eigenvalue weighted by molar-refractivity contribution is 5.67. The van der Waals surface area contributed by atoms with Crippen molar-refractivity contribution in [3.05, 3.63) is 81.9 Å². The number of carbonyl (C=O) groups is 1. The van der Waals surface area contributed by atoms with Crippen molar-refractivity contribution in [2.45, 2.75) is 13.0 Å². The molecule has 1 N–H and O–H groups in total. The Morgan fingerprint density at radius 3 is 2.58 bits per heavy atom. The summed E-state index contributed by atoms with van der Waals surface area (Å²) in [4.78, 5) is 22.0. The standard InChI is InChI=1S/C18H18N2O4/c21-18(24-14-15-8-2-1-3-9-15)19-13-7-6-11-16-10-4-5-12-17(16)20(22)23/h1-6,8-12H,7,13-14H2,(H,19,21). The Labute approximate surface area is 139 Å². The fraction of sp³-hybridized carbons (Fsp3) is 0.167. The second kappa shape index (κ2) is 9.09. The van der Waals surface area contributed by atoms with Gasteiger partial charge < -0.3 is 10.1 Å². The van der Waals surface area contributed by atoms with E-state index in [9.17, 15) is 14.9 Å². The molecule has 0 saturated heterocycles. The number of rotatable bonds is 7. The molecule has 2 aromatic carbocycles. The maximum absolute atomic E-state index is 11.5. The largest absolute Gasteiger partial charge is 0.445 e. The van der Waals surface area contributed by atoms with Crippen LogP contribution in [0.2, 0.25) is 0 Å². The number of benzene rings is 2. The van der Waals surface area contributed by atoms with Crippen LogP contribution in [0.4, 0.5) is 10.5 Å². The second-order valence-corrected chi connectivity index (χ2v) is 5.00. The molecule has 0 unspecified atom stereocenters. The topological polar surface area (TPSA) is 81.5 Å². The molecule has 24 heavy (non-hydrogen) atoms. The molecule has 1 amide bonds. The van der Waals surface area contributed by atoms with E-state index in [0.29, 0.717) is 18.5 Å². The Hall–Kier alpha value is -3.15. The van der Waals surface area contributed by atoms with Gasteiger partial charge in [-0.05, 0) is 18.1 Å². The van der Waals surface area contributed by atoms with Crippen molar-refractivity contribution >= 4 is 17.9 Å². The summed E-state index contributed by atoms with van der Waals surface area (Å²) in [5.41, 5.74) is 1.52. The number of nitro benzene ring substituents is 1. The van der Waals surface area contributed by atoms with Crippen LogP contribution in [0.5, 0.6) is 0 Å². The van der Waals surface area contributed by atoms with Crippen LogP contribution in [-0.4, -0.2) is 17.6 Å². The molecule has 0 aliphatic heterocycles. The first-order valence-electron chi connectivity index (χ1n) is 7.51. The van der Waals surface area contributed by atoms with Gasteiger partial charge in [0.2, 0.25) is 0 Å². The fourth-order valence-corrected chi connectivity index (χ4v) is 2.04. The van der Waals surface area contributed by atoms with Gasteiger partial charge in [0.1, 0.15) is 6.61 Å². The summed E-state index contributed by atoms with van der Waals surface area (Å²) in [6.45, 7) is 0.615. The number of alkyl carbamates (subject to hydrolysis) is 1. The minimum atomic E-state index is -0.488. The van der Waals surface area contributed by atoms with Crippen molar-refractivity contribution < 1.29 is 14.5 Å². The zero-order valence-electron chi connectivity index (χ0n) is 13.1. The summed E-state index contributed by atoms with van der Waals surface area (Å²) in [7, 11) is 0. The van der Waals surface area contributed by atoms with Crippen molar-refractivity contribution in [1.29, 1.82) is 0 Å². The maximum atomic E-state index is 11.5. The monoisotopic (exact) mass is 326 g/mol. The fourth-order valence-electron chi connectivity index (χ4n) is 2.04. The molecule has 0 radical (unpaired) electrons. The maximum Gasteiger partial charge on any atom is 0.407 e. The van der Waals surface area contributed by atoms with Crippen molar-refractivity contribution in [3.63, 3.8) is 0 Å². The minimum absolute atomic E-state index is 0.0592. The van der Waals surface area contributed by atoms with E-state index in [-0.39, 0.29) is 12.3 Å². The molecule has 124 valence electrons. The van der Waals surface area contributed by atoms with Crippen LogP contribution in [0.25, 0.3) is 6.08 Å². The van der Waals surface area contributed by atoms with Gasteiger partial charge >= 0.3 is 6.09 Å². The highest BCUT2D eigenvalue weighted by Crippen LogP contribution is 2.18. The van der Waals surface area contributed by atoms with Crippen LogP contribution < -0.4 is 5.32 Å². The van der Waals surface area contributed by atoms with Crippen molar-refractivity contribution in [2.24, 2.45) is 0 Å². The van der Waals surface area contributed by atoms with E-state index in [0.717, 1.165) is 5.56 Å². The molecule has 0 aromatic heterocycles. The van der Waals surface area contributed by atoms with E-state index < -0.39 is 11.0 Å². The second-order valence-electron chi connectivity index (χ2n) is 5.00. The molecule has 0 aliphatic rings. The average Bonchev–Trinajstić information content (AvgIpc) is 2.61. The van der Waals surface area contributed by atoms with E-state index >= 15 is 0 Å². The van der Waals surface area contributed by atoms with Crippen LogP contribution in [0.3, 0.4) is 0 Å². The molecular weight excluding hydrogens is 308 g/mol. The molecule has 0 heterocycles. The molecule has 0 bridgehead atoms. The Kier molecular flexibility index (Phi) is 6.52. The predicted molar refractivity (Wildman–Crippen MR) is 91.4 cm³/mol. The highest BCUT2D eigenvalue weighted by Gasteiger charge is 2.08. The van der Waals surface area contributed by atoms with E-state index in [2.05, 4.69) is 5.32 Å². The number of ether oxygens (including phenoxy) is 1. The molecule has 6 nitrogen and oxygen atoms in total. The zero-order valence-corrected chi connectivity index (χ0v) is 13.1. The Morgan fingerprint density at radius 2 is 1.83 bits per heavy atom. The molecule has 2 rings (SSSR count). The van der Waals surface area contributed by atoms with Crippen molar-refractivity contribution in [3.8, 4) is 0 Å². The van der Waals surface area contributed by atoms with Crippen LogP contribution in [0.1, 0.15) is 17.5 Å². The number of carbonyl (C=O) groups excluding carboxylic acids is 1. The molecule has 0 atom stereocenters. The Bertz CT molecular complexity index is 714. The number of hydrogen-bond acceptors (Lipinski definition) is 4. The smallest absolute Gasteiger partial charge is 0.407 e. The third-order valence-electron chi connectivity index (χ3n) is 3.22. The first-order valence-corrected chi connectivity index (χ1v) is 7.51.